The van der Waals surface area contributed by atoms with Gasteiger partial charge in [0.15, 0.2) is 0 Å². The minimum Gasteiger partial charge on any atom is -0.480 e. The molecular formula is C18H33NO5. The smallest absolute Gasteiger partial charge is 0.326 e. The third-order valence-corrected chi connectivity index (χ3v) is 4.01. The van der Waals surface area contributed by atoms with Crippen molar-refractivity contribution >= 4 is 17.8 Å². The van der Waals surface area contributed by atoms with E-state index >= 15 is 0 Å². The molecule has 6 nitrogen and oxygen atoms in total. The molecule has 0 unspecified atom stereocenters. The fourth-order valence-electron chi connectivity index (χ4n) is 2.48. The molecule has 0 fully saturated rings. The van der Waals surface area contributed by atoms with Gasteiger partial charge in [0.1, 0.15) is 6.04 Å². The van der Waals surface area contributed by atoms with E-state index in [-0.39, 0.29) is 18.7 Å². The van der Waals surface area contributed by atoms with Crippen LogP contribution in [0.15, 0.2) is 0 Å². The summed E-state index contributed by atoms with van der Waals surface area (Å²) in [6, 6.07) is -1.03. The van der Waals surface area contributed by atoms with Crippen LogP contribution in [0, 0.1) is 0 Å². The third-order valence-electron chi connectivity index (χ3n) is 4.01. The molecule has 0 rings (SSSR count). The monoisotopic (exact) mass is 343 g/mol. The number of hydrogen-bond acceptors (Lipinski definition) is 4. The van der Waals surface area contributed by atoms with Crippen LogP contribution in [-0.2, 0) is 19.1 Å². The standard InChI is InChI=1S/C18H33NO5/c1-3-4-5-6-7-8-9-10-11-12-16(20)19-15(18(22)23)13-14-17(21)24-2/h15H,3-14H2,1-2H3,(H,19,20)(H,22,23)/t15-/m0/s1. The van der Waals surface area contributed by atoms with Crippen molar-refractivity contribution in [3.8, 4) is 0 Å². The van der Waals surface area contributed by atoms with Crippen molar-refractivity contribution in [3.05, 3.63) is 0 Å². The third kappa shape index (κ3) is 12.9. The van der Waals surface area contributed by atoms with E-state index in [9.17, 15) is 14.4 Å². The number of amides is 1. The summed E-state index contributed by atoms with van der Waals surface area (Å²) in [5, 5.41) is 11.5. The molecule has 0 spiro atoms. The van der Waals surface area contributed by atoms with Crippen LogP contribution in [0.3, 0.4) is 0 Å². The molecule has 24 heavy (non-hydrogen) atoms. The van der Waals surface area contributed by atoms with Crippen LogP contribution in [0.2, 0.25) is 0 Å². The maximum Gasteiger partial charge on any atom is 0.326 e. The average Bonchev–Trinajstić information content (AvgIpc) is 2.56. The highest BCUT2D eigenvalue weighted by atomic mass is 16.5. The zero-order valence-corrected chi connectivity index (χ0v) is 15.1. The molecule has 0 aliphatic rings. The van der Waals surface area contributed by atoms with Gasteiger partial charge in [0.05, 0.1) is 7.11 Å². The van der Waals surface area contributed by atoms with Crippen molar-refractivity contribution in [2.45, 2.75) is 90.0 Å². The average molecular weight is 343 g/mol. The summed E-state index contributed by atoms with van der Waals surface area (Å²) in [5.74, 6) is -1.87. The summed E-state index contributed by atoms with van der Waals surface area (Å²) in [7, 11) is 1.25. The van der Waals surface area contributed by atoms with Gasteiger partial charge in [0.2, 0.25) is 5.91 Å². The number of aliphatic carboxylic acids is 1. The Hall–Kier alpha value is -1.59. The van der Waals surface area contributed by atoms with Crippen LogP contribution in [-0.4, -0.2) is 36.1 Å². The molecule has 0 saturated heterocycles. The Labute approximate surface area is 145 Å². The van der Waals surface area contributed by atoms with Gasteiger partial charge in [-0.1, -0.05) is 58.3 Å². The first-order valence-corrected chi connectivity index (χ1v) is 9.10. The van der Waals surface area contributed by atoms with Crippen LogP contribution in [0.25, 0.3) is 0 Å². The van der Waals surface area contributed by atoms with E-state index in [0.29, 0.717) is 6.42 Å². The zero-order valence-electron chi connectivity index (χ0n) is 15.1. The molecule has 0 aromatic heterocycles. The Bertz CT molecular complexity index is 370. The summed E-state index contributed by atoms with van der Waals surface area (Å²) in [4.78, 5) is 33.9. The first-order valence-electron chi connectivity index (χ1n) is 9.10. The molecule has 0 aromatic rings. The lowest BCUT2D eigenvalue weighted by molar-refractivity contribution is -0.144. The Balaban J connectivity index is 3.74. The summed E-state index contributed by atoms with van der Waals surface area (Å²) in [5.41, 5.74) is 0. The quantitative estimate of drug-likeness (QED) is 0.351. The maximum absolute atomic E-state index is 11.8. The second-order valence-corrected chi connectivity index (χ2v) is 6.15. The normalized spacial score (nSPS) is 11.8. The van der Waals surface area contributed by atoms with Gasteiger partial charge < -0.3 is 15.2 Å². The molecule has 0 bridgehead atoms. The van der Waals surface area contributed by atoms with E-state index in [1.807, 2.05) is 0 Å². The van der Waals surface area contributed by atoms with E-state index in [0.717, 1.165) is 19.3 Å². The predicted octanol–water partition coefficient (Wildman–Crippen LogP) is 3.43. The lowest BCUT2D eigenvalue weighted by atomic mass is 10.1. The van der Waals surface area contributed by atoms with E-state index in [4.69, 9.17) is 5.11 Å². The summed E-state index contributed by atoms with van der Waals surface area (Å²) in [6.45, 7) is 2.20. The Morgan fingerprint density at radius 1 is 0.917 bits per heavy atom. The Morgan fingerprint density at radius 2 is 1.46 bits per heavy atom. The molecular weight excluding hydrogens is 310 g/mol. The van der Waals surface area contributed by atoms with Gasteiger partial charge in [0.25, 0.3) is 0 Å². The second kappa shape index (κ2) is 15.0. The van der Waals surface area contributed by atoms with Crippen LogP contribution in [0.5, 0.6) is 0 Å². The fraction of sp³-hybridized carbons (Fsp3) is 0.833. The zero-order chi connectivity index (χ0) is 18.2. The number of ether oxygens (including phenoxy) is 1. The summed E-state index contributed by atoms with van der Waals surface area (Å²) >= 11 is 0. The molecule has 0 aromatic carbocycles. The minimum atomic E-state index is -1.13. The van der Waals surface area contributed by atoms with Gasteiger partial charge in [-0.15, -0.1) is 0 Å². The van der Waals surface area contributed by atoms with Crippen LogP contribution in [0.4, 0.5) is 0 Å². The van der Waals surface area contributed by atoms with Crippen molar-refractivity contribution < 1.29 is 24.2 Å². The van der Waals surface area contributed by atoms with Gasteiger partial charge in [-0.2, -0.15) is 0 Å². The largest absolute Gasteiger partial charge is 0.480 e. The lowest BCUT2D eigenvalue weighted by Gasteiger charge is -2.13. The molecule has 0 radical (unpaired) electrons. The van der Waals surface area contributed by atoms with Crippen LogP contribution in [0.1, 0.15) is 84.0 Å². The molecule has 140 valence electrons. The van der Waals surface area contributed by atoms with Crippen molar-refractivity contribution in [2.24, 2.45) is 0 Å². The van der Waals surface area contributed by atoms with Gasteiger partial charge in [-0.3, -0.25) is 9.59 Å². The molecule has 1 amide bonds. The fourth-order valence-corrected chi connectivity index (χ4v) is 2.48. The van der Waals surface area contributed by atoms with Crippen molar-refractivity contribution in [1.82, 2.24) is 5.32 Å². The molecule has 6 heteroatoms. The van der Waals surface area contributed by atoms with E-state index < -0.39 is 18.0 Å². The number of nitrogens with one attached hydrogen (secondary N) is 1. The number of esters is 1. The maximum atomic E-state index is 11.8. The number of carbonyl (C=O) groups excluding carboxylic acids is 2. The van der Waals surface area contributed by atoms with Gasteiger partial charge in [0, 0.05) is 12.8 Å². The van der Waals surface area contributed by atoms with E-state index in [2.05, 4.69) is 17.0 Å². The molecule has 0 saturated carbocycles. The van der Waals surface area contributed by atoms with Crippen molar-refractivity contribution in [2.75, 3.05) is 7.11 Å². The van der Waals surface area contributed by atoms with Gasteiger partial charge in [-0.05, 0) is 12.8 Å². The van der Waals surface area contributed by atoms with Crippen LogP contribution >= 0.6 is 0 Å². The molecule has 0 aliphatic carbocycles. The van der Waals surface area contributed by atoms with E-state index in [1.165, 1.54) is 45.6 Å². The van der Waals surface area contributed by atoms with Gasteiger partial charge >= 0.3 is 11.9 Å². The Kier molecular flexibility index (Phi) is 14.0. The number of rotatable bonds is 15. The first-order chi connectivity index (χ1) is 11.5. The summed E-state index contributed by atoms with van der Waals surface area (Å²) < 4.78 is 4.47. The van der Waals surface area contributed by atoms with Gasteiger partial charge in [-0.25, -0.2) is 4.79 Å². The lowest BCUT2D eigenvalue weighted by Crippen LogP contribution is -2.41. The number of carboxylic acid groups (broad SMARTS) is 1. The van der Waals surface area contributed by atoms with E-state index in [1.54, 1.807) is 0 Å². The molecule has 1 atom stereocenters. The molecule has 0 aliphatic heterocycles. The van der Waals surface area contributed by atoms with Crippen molar-refractivity contribution in [3.63, 3.8) is 0 Å². The number of unbranched alkanes of at least 4 members (excludes halogenated alkanes) is 8. The number of carbonyl (C=O) groups is 3. The number of carboxylic acids is 1. The summed E-state index contributed by atoms with van der Waals surface area (Å²) in [6.07, 6.45) is 10.8. The second-order valence-electron chi connectivity index (χ2n) is 6.15. The highest BCUT2D eigenvalue weighted by molar-refractivity contribution is 5.83. The topological polar surface area (TPSA) is 92.7 Å². The first kappa shape index (κ1) is 22.4. The highest BCUT2D eigenvalue weighted by Gasteiger charge is 2.20. The highest BCUT2D eigenvalue weighted by Crippen LogP contribution is 2.10. The van der Waals surface area contributed by atoms with Crippen molar-refractivity contribution in [1.29, 1.82) is 0 Å². The van der Waals surface area contributed by atoms with Crippen LogP contribution < -0.4 is 5.32 Å². The Morgan fingerprint density at radius 3 is 1.96 bits per heavy atom. The molecule has 0 heterocycles. The number of hydrogen-bond donors (Lipinski definition) is 2. The number of methoxy groups -OCH3 is 1. The SMILES string of the molecule is CCCCCCCCCCCC(=O)N[C@@H](CCC(=O)OC)C(=O)O. The predicted molar refractivity (Wildman–Crippen MR) is 92.7 cm³/mol. The molecule has 2 N–H and O–H groups in total. The minimum absolute atomic E-state index is 0.0220.